The van der Waals surface area contributed by atoms with Gasteiger partial charge >= 0.3 is 5.97 Å². The van der Waals surface area contributed by atoms with Crippen molar-refractivity contribution in [3.8, 4) is 0 Å². The normalized spacial score (nSPS) is 15.1. The lowest BCUT2D eigenvalue weighted by molar-refractivity contribution is -0.144. The van der Waals surface area contributed by atoms with Crippen LogP contribution < -0.4 is 0 Å². The zero-order valence-electron chi connectivity index (χ0n) is 15.8. The largest absolute Gasteiger partial charge is 0.461 e. The summed E-state index contributed by atoms with van der Waals surface area (Å²) in [6, 6.07) is 5.48. The molecular formula is C19H16F5NO5S. The molecule has 0 aliphatic carbocycles. The number of benzene rings is 2. The summed E-state index contributed by atoms with van der Waals surface area (Å²) in [5.41, 5.74) is -1.06. The van der Waals surface area contributed by atoms with Crippen molar-refractivity contribution in [3.05, 3.63) is 64.5 Å². The molecule has 0 atom stereocenters. The number of carbonyl (C=O) groups is 1. The van der Waals surface area contributed by atoms with Gasteiger partial charge in [0.05, 0.1) is 24.5 Å². The summed E-state index contributed by atoms with van der Waals surface area (Å²) in [6.45, 7) is 0.413. The molecule has 12 heteroatoms. The standard InChI is InChI=1S/C19H16F5NO5S/c20-15-13(16(21)18(23)19(24)17(15)22)9-14(26)30-10-11-2-1-3-12(8-11)31(27,28)25-4-6-29-7-5-25/h1-3,8H,4-7,9-10H2. The van der Waals surface area contributed by atoms with E-state index in [0.29, 0.717) is 0 Å². The first-order valence-corrected chi connectivity index (χ1v) is 10.4. The number of hydrogen-bond acceptors (Lipinski definition) is 5. The van der Waals surface area contributed by atoms with E-state index in [2.05, 4.69) is 0 Å². The fourth-order valence-corrected chi connectivity index (χ4v) is 4.38. The topological polar surface area (TPSA) is 72.9 Å². The average Bonchev–Trinajstić information content (AvgIpc) is 2.78. The van der Waals surface area contributed by atoms with Gasteiger partial charge in [-0.15, -0.1) is 0 Å². The highest BCUT2D eigenvalue weighted by Crippen LogP contribution is 2.24. The second-order valence-electron chi connectivity index (χ2n) is 6.55. The number of esters is 1. The minimum Gasteiger partial charge on any atom is -0.461 e. The van der Waals surface area contributed by atoms with E-state index in [9.17, 15) is 35.2 Å². The lowest BCUT2D eigenvalue weighted by Crippen LogP contribution is -2.40. The maximum atomic E-state index is 13.7. The summed E-state index contributed by atoms with van der Waals surface area (Å²) in [5, 5.41) is 0. The minimum absolute atomic E-state index is 0.0530. The Hall–Kier alpha value is -2.57. The Balaban J connectivity index is 1.70. The molecule has 0 saturated carbocycles. The number of rotatable bonds is 6. The molecule has 31 heavy (non-hydrogen) atoms. The SMILES string of the molecule is O=C(Cc1c(F)c(F)c(F)c(F)c1F)OCc1cccc(S(=O)(=O)N2CCOCC2)c1. The van der Waals surface area contributed by atoms with Crippen molar-refractivity contribution in [2.45, 2.75) is 17.9 Å². The van der Waals surface area contributed by atoms with E-state index < -0.39 is 63.7 Å². The van der Waals surface area contributed by atoms with Crippen LogP contribution in [-0.4, -0.2) is 45.0 Å². The van der Waals surface area contributed by atoms with Crippen LogP contribution in [0.15, 0.2) is 29.2 Å². The molecule has 0 unspecified atom stereocenters. The molecule has 0 radical (unpaired) electrons. The molecule has 0 aromatic heterocycles. The highest BCUT2D eigenvalue weighted by Gasteiger charge is 2.28. The van der Waals surface area contributed by atoms with Crippen molar-refractivity contribution < 1.29 is 44.6 Å². The van der Waals surface area contributed by atoms with E-state index in [4.69, 9.17) is 9.47 Å². The van der Waals surface area contributed by atoms with Crippen LogP contribution in [-0.2, 0) is 37.3 Å². The molecule has 1 aliphatic heterocycles. The highest BCUT2D eigenvalue weighted by molar-refractivity contribution is 7.89. The van der Waals surface area contributed by atoms with E-state index in [0.717, 1.165) is 0 Å². The van der Waals surface area contributed by atoms with Crippen LogP contribution in [0.3, 0.4) is 0 Å². The van der Waals surface area contributed by atoms with Crippen molar-refractivity contribution in [3.63, 3.8) is 0 Å². The summed E-state index contributed by atoms with van der Waals surface area (Å²) in [4.78, 5) is 11.8. The van der Waals surface area contributed by atoms with Crippen LogP contribution in [0.4, 0.5) is 22.0 Å². The molecule has 0 amide bonds. The van der Waals surface area contributed by atoms with Gasteiger partial charge in [-0.1, -0.05) is 12.1 Å². The number of sulfonamides is 1. The first-order chi connectivity index (χ1) is 14.6. The Morgan fingerprint density at radius 3 is 2.16 bits per heavy atom. The third-order valence-corrected chi connectivity index (χ3v) is 6.42. The summed E-state index contributed by atoms with van der Waals surface area (Å²) in [5.74, 6) is -12.2. The van der Waals surface area contributed by atoms with Crippen LogP contribution in [0.1, 0.15) is 11.1 Å². The van der Waals surface area contributed by atoms with E-state index in [-0.39, 0.29) is 36.8 Å². The molecule has 2 aromatic rings. The van der Waals surface area contributed by atoms with Crippen LogP contribution in [0.2, 0.25) is 0 Å². The first kappa shape index (κ1) is 23.1. The van der Waals surface area contributed by atoms with Gasteiger partial charge in [-0.25, -0.2) is 30.4 Å². The van der Waals surface area contributed by atoms with Crippen LogP contribution in [0.25, 0.3) is 0 Å². The fourth-order valence-electron chi connectivity index (χ4n) is 2.90. The van der Waals surface area contributed by atoms with Gasteiger partial charge in [-0.3, -0.25) is 4.79 Å². The number of nitrogens with zero attached hydrogens (tertiary/aromatic N) is 1. The van der Waals surface area contributed by atoms with Crippen molar-refractivity contribution in [1.29, 1.82) is 0 Å². The van der Waals surface area contributed by atoms with Crippen molar-refractivity contribution in [2.75, 3.05) is 26.3 Å². The van der Waals surface area contributed by atoms with Gasteiger partial charge in [0.25, 0.3) is 0 Å². The van der Waals surface area contributed by atoms with E-state index in [1.807, 2.05) is 0 Å². The van der Waals surface area contributed by atoms with E-state index in [1.165, 1.54) is 28.6 Å². The zero-order valence-corrected chi connectivity index (χ0v) is 16.7. The molecule has 1 aliphatic rings. The quantitative estimate of drug-likeness (QED) is 0.284. The highest BCUT2D eigenvalue weighted by atomic mass is 32.2. The summed E-state index contributed by atoms with van der Waals surface area (Å²) < 4.78 is 103. The molecule has 1 heterocycles. The number of hydrogen-bond donors (Lipinski definition) is 0. The lowest BCUT2D eigenvalue weighted by Gasteiger charge is -2.26. The van der Waals surface area contributed by atoms with Crippen LogP contribution >= 0.6 is 0 Å². The predicted octanol–water partition coefficient (Wildman–Crippen LogP) is 2.69. The van der Waals surface area contributed by atoms with Crippen molar-refractivity contribution >= 4 is 16.0 Å². The van der Waals surface area contributed by atoms with Gasteiger partial charge < -0.3 is 9.47 Å². The zero-order chi connectivity index (χ0) is 22.8. The van der Waals surface area contributed by atoms with Gasteiger partial charge in [-0.05, 0) is 17.7 Å². The Morgan fingerprint density at radius 1 is 0.968 bits per heavy atom. The lowest BCUT2D eigenvalue weighted by atomic mass is 10.1. The molecule has 6 nitrogen and oxygen atoms in total. The summed E-state index contributed by atoms with van der Waals surface area (Å²) >= 11 is 0. The maximum Gasteiger partial charge on any atom is 0.310 e. The van der Waals surface area contributed by atoms with Gasteiger partial charge in [0, 0.05) is 18.7 Å². The molecule has 3 rings (SSSR count). The molecule has 2 aromatic carbocycles. The van der Waals surface area contributed by atoms with Gasteiger partial charge in [0.2, 0.25) is 15.8 Å². The fraction of sp³-hybridized carbons (Fsp3) is 0.316. The number of halogens is 5. The van der Waals surface area contributed by atoms with Crippen molar-refractivity contribution in [1.82, 2.24) is 4.31 Å². The summed E-state index contributed by atoms with van der Waals surface area (Å²) in [7, 11) is -3.80. The van der Waals surface area contributed by atoms with Crippen molar-refractivity contribution in [2.24, 2.45) is 0 Å². The third-order valence-electron chi connectivity index (χ3n) is 4.53. The molecule has 0 bridgehead atoms. The average molecular weight is 465 g/mol. The summed E-state index contributed by atoms with van der Waals surface area (Å²) in [6.07, 6.45) is -1.20. The molecule has 0 spiro atoms. The Labute approximate surface area is 174 Å². The second-order valence-corrected chi connectivity index (χ2v) is 8.49. The van der Waals surface area contributed by atoms with Gasteiger partial charge in [0.15, 0.2) is 23.3 Å². The maximum absolute atomic E-state index is 13.7. The third kappa shape index (κ3) is 4.86. The molecule has 168 valence electrons. The Kier molecular flexibility index (Phi) is 6.92. The number of carbonyl (C=O) groups excluding carboxylic acids is 1. The van der Waals surface area contributed by atoms with Crippen LogP contribution in [0.5, 0.6) is 0 Å². The van der Waals surface area contributed by atoms with Gasteiger partial charge in [0.1, 0.15) is 6.61 Å². The smallest absolute Gasteiger partial charge is 0.310 e. The molecule has 0 N–H and O–H groups in total. The number of ether oxygens (including phenoxy) is 2. The van der Waals surface area contributed by atoms with Crippen LogP contribution in [0, 0.1) is 29.1 Å². The first-order valence-electron chi connectivity index (χ1n) is 8.95. The molecule has 1 fully saturated rings. The monoisotopic (exact) mass is 465 g/mol. The minimum atomic E-state index is -3.80. The molecule has 1 saturated heterocycles. The molecular weight excluding hydrogens is 449 g/mol. The second kappa shape index (κ2) is 9.28. The van der Waals surface area contributed by atoms with E-state index >= 15 is 0 Å². The number of morpholine rings is 1. The van der Waals surface area contributed by atoms with Gasteiger partial charge in [-0.2, -0.15) is 4.31 Å². The van der Waals surface area contributed by atoms with E-state index in [1.54, 1.807) is 0 Å². The predicted molar refractivity (Wildman–Crippen MR) is 95.8 cm³/mol. The Morgan fingerprint density at radius 2 is 1.55 bits per heavy atom. The Bertz CT molecular complexity index is 1070.